The third kappa shape index (κ3) is 64.6. The van der Waals surface area contributed by atoms with Gasteiger partial charge in [0.25, 0.3) is 7.82 Å². The van der Waals surface area contributed by atoms with Crippen LogP contribution in [0.2, 0.25) is 0 Å². The number of unbranched alkanes of at least 4 members (excludes halogenated alkanes) is 32. The summed E-state index contributed by atoms with van der Waals surface area (Å²) in [5.74, 6) is -0.210. The summed E-state index contributed by atoms with van der Waals surface area (Å²) >= 11 is 0. The second-order valence-corrected chi connectivity index (χ2v) is 25.2. The van der Waals surface area contributed by atoms with Crippen molar-refractivity contribution in [1.82, 2.24) is 5.32 Å². The van der Waals surface area contributed by atoms with Crippen molar-refractivity contribution in [2.45, 2.75) is 302 Å². The van der Waals surface area contributed by atoms with Crippen molar-refractivity contribution < 1.29 is 32.9 Å². The van der Waals surface area contributed by atoms with Crippen molar-refractivity contribution in [1.29, 1.82) is 0 Å². The lowest BCUT2D eigenvalue weighted by atomic mass is 10.0. The number of hydrogen-bond donors (Lipinski definition) is 2. The van der Waals surface area contributed by atoms with Crippen LogP contribution in [0.25, 0.3) is 0 Å². The predicted molar refractivity (Wildman–Crippen MR) is 352 cm³/mol. The molecule has 0 aromatic carbocycles. The van der Waals surface area contributed by atoms with E-state index >= 15 is 0 Å². The largest absolute Gasteiger partial charge is 0.756 e. The molecule has 2 N–H and O–H groups in total. The number of nitrogens with zero attached hydrogens (tertiary/aromatic N) is 1. The van der Waals surface area contributed by atoms with E-state index in [1.54, 1.807) is 6.08 Å². The quantitative estimate of drug-likeness (QED) is 0.0272. The third-order valence-electron chi connectivity index (χ3n) is 14.7. The molecule has 0 rings (SSSR count). The minimum atomic E-state index is -4.61. The maximum absolute atomic E-state index is 13.0. The zero-order chi connectivity index (χ0) is 59.1. The van der Waals surface area contributed by atoms with Crippen LogP contribution in [-0.4, -0.2) is 68.5 Å². The van der Waals surface area contributed by atoms with Gasteiger partial charge in [-0.25, -0.2) is 0 Å². The molecule has 8 nitrogen and oxygen atoms in total. The Morgan fingerprint density at radius 3 is 1.15 bits per heavy atom. The van der Waals surface area contributed by atoms with E-state index in [0.717, 1.165) is 83.5 Å². The van der Waals surface area contributed by atoms with E-state index in [1.807, 2.05) is 27.2 Å². The molecule has 0 spiro atoms. The van der Waals surface area contributed by atoms with E-state index in [-0.39, 0.29) is 12.5 Å². The summed E-state index contributed by atoms with van der Waals surface area (Å²) in [6.45, 7) is 4.51. The van der Waals surface area contributed by atoms with E-state index in [0.29, 0.717) is 17.4 Å². The van der Waals surface area contributed by atoms with E-state index in [9.17, 15) is 19.4 Å². The van der Waals surface area contributed by atoms with Crippen LogP contribution in [0.3, 0.4) is 0 Å². The van der Waals surface area contributed by atoms with Gasteiger partial charge in [-0.2, -0.15) is 0 Å². The second kappa shape index (κ2) is 61.7. The number of quaternary nitrogens is 1. The fourth-order valence-corrected chi connectivity index (χ4v) is 10.2. The number of hydrogen-bond acceptors (Lipinski definition) is 6. The number of carbonyl (C=O) groups excluding carboxylic acids is 1. The Bertz CT molecular complexity index is 1690. The van der Waals surface area contributed by atoms with Crippen LogP contribution in [0, 0.1) is 0 Å². The molecule has 468 valence electrons. The van der Waals surface area contributed by atoms with Crippen LogP contribution in [0.4, 0.5) is 0 Å². The maximum Gasteiger partial charge on any atom is 0.268 e. The van der Waals surface area contributed by atoms with Gasteiger partial charge in [-0.1, -0.05) is 297 Å². The maximum atomic E-state index is 13.0. The molecule has 9 heteroatoms. The molecule has 1 amide bonds. The van der Waals surface area contributed by atoms with E-state index < -0.39 is 26.6 Å². The Balaban J connectivity index is 3.99. The van der Waals surface area contributed by atoms with Crippen LogP contribution in [0.15, 0.2) is 109 Å². The number of nitrogens with one attached hydrogen (secondary N) is 1. The van der Waals surface area contributed by atoms with Gasteiger partial charge in [0.2, 0.25) is 5.91 Å². The van der Waals surface area contributed by atoms with E-state index in [4.69, 9.17) is 9.05 Å². The summed E-state index contributed by atoms with van der Waals surface area (Å²) in [4.78, 5) is 25.6. The molecule has 0 saturated carbocycles. The predicted octanol–water partition coefficient (Wildman–Crippen LogP) is 20.9. The molecule has 0 aliphatic rings. The number of phosphoric acid groups is 1. The lowest BCUT2D eigenvalue weighted by Gasteiger charge is -2.29. The normalized spacial score (nSPS) is 14.4. The standard InChI is InChI=1S/C72H129N2O6P/c1-6-8-10-12-14-16-18-20-22-24-26-27-28-29-30-31-32-33-34-35-36-37-38-39-40-41-42-43-44-45-46-47-48-50-52-54-56-58-60-62-64-66-72(76)73-70(69-80-81(77,78)79-68-67-74(3,4)5)71(75)65-63-61-59-57-55-53-51-49-25-23-21-19-17-15-13-11-9-7-2/h8,10,14,16,20,22,25-27,29-30,32-33,49,55,57,63,65,70-71,75H,6-7,9,11-13,15,17-19,21,23-24,28,31,34-48,50-54,56,58-62,64,66-69H2,1-5H3,(H-,73,76,77,78)/b10-8-,16-14-,22-20-,27-26-,30-29-,33-32-,49-25+,57-55+,65-63+. The second-order valence-electron chi connectivity index (χ2n) is 23.8. The van der Waals surface area contributed by atoms with E-state index in [2.05, 4.69) is 116 Å². The van der Waals surface area contributed by atoms with Gasteiger partial charge in [0.05, 0.1) is 39.9 Å². The third-order valence-corrected chi connectivity index (χ3v) is 15.7. The first-order valence-electron chi connectivity index (χ1n) is 33.7. The zero-order valence-corrected chi connectivity index (χ0v) is 54.4. The van der Waals surface area contributed by atoms with Crippen molar-refractivity contribution in [2.75, 3.05) is 40.9 Å². The Morgan fingerprint density at radius 1 is 0.444 bits per heavy atom. The van der Waals surface area contributed by atoms with Gasteiger partial charge in [0, 0.05) is 6.42 Å². The Kier molecular flexibility index (Phi) is 59.5. The Hall–Kier alpha value is -2.84. The van der Waals surface area contributed by atoms with Gasteiger partial charge in [0.15, 0.2) is 0 Å². The van der Waals surface area contributed by atoms with Crippen molar-refractivity contribution in [3.8, 4) is 0 Å². The fourth-order valence-electron chi connectivity index (χ4n) is 9.48. The number of aliphatic hydroxyl groups is 1. The lowest BCUT2D eigenvalue weighted by molar-refractivity contribution is -0.870. The Labute approximate surface area is 501 Å². The molecule has 0 aliphatic carbocycles. The fraction of sp³-hybridized carbons (Fsp3) is 0.736. The highest BCUT2D eigenvalue weighted by Gasteiger charge is 2.23. The lowest BCUT2D eigenvalue weighted by Crippen LogP contribution is -2.45. The summed E-state index contributed by atoms with van der Waals surface area (Å²) in [6, 6.07) is -0.914. The van der Waals surface area contributed by atoms with Crippen molar-refractivity contribution in [2.24, 2.45) is 0 Å². The average molecular weight is 1150 g/mol. The molecular weight excluding hydrogens is 1020 g/mol. The molecule has 81 heavy (non-hydrogen) atoms. The minimum absolute atomic E-state index is 0.0110. The van der Waals surface area contributed by atoms with Crippen LogP contribution in [0.5, 0.6) is 0 Å². The first kappa shape index (κ1) is 78.2. The molecule has 0 aromatic rings. The first-order valence-corrected chi connectivity index (χ1v) is 35.2. The molecule has 3 atom stereocenters. The monoisotopic (exact) mass is 1150 g/mol. The zero-order valence-electron chi connectivity index (χ0n) is 53.5. The average Bonchev–Trinajstić information content (AvgIpc) is 3.43. The molecule has 0 fully saturated rings. The molecule has 0 aromatic heterocycles. The smallest absolute Gasteiger partial charge is 0.268 e. The summed E-state index contributed by atoms with van der Waals surface area (Å²) in [6.07, 6.45) is 90.7. The van der Waals surface area contributed by atoms with Gasteiger partial charge in [-0.15, -0.1) is 0 Å². The Morgan fingerprint density at radius 2 is 0.765 bits per heavy atom. The van der Waals surface area contributed by atoms with Crippen LogP contribution < -0.4 is 10.2 Å². The number of amides is 1. The van der Waals surface area contributed by atoms with Crippen molar-refractivity contribution in [3.05, 3.63) is 109 Å². The molecule has 0 heterocycles. The summed E-state index contributed by atoms with van der Waals surface area (Å²) in [7, 11) is 1.24. The molecule has 3 unspecified atom stereocenters. The summed E-state index contributed by atoms with van der Waals surface area (Å²) < 4.78 is 23.4. The highest BCUT2D eigenvalue weighted by Crippen LogP contribution is 2.38. The molecular formula is C72H129N2O6P. The molecule has 0 saturated heterocycles. The molecule has 0 aliphatic heterocycles. The van der Waals surface area contributed by atoms with Crippen LogP contribution >= 0.6 is 7.82 Å². The highest BCUT2D eigenvalue weighted by atomic mass is 31.2. The van der Waals surface area contributed by atoms with Gasteiger partial charge >= 0.3 is 0 Å². The number of phosphoric ester groups is 1. The van der Waals surface area contributed by atoms with E-state index in [1.165, 1.54) is 186 Å². The molecule has 0 radical (unpaired) electrons. The molecule has 0 bridgehead atoms. The summed E-state index contributed by atoms with van der Waals surface area (Å²) in [5.41, 5.74) is 0. The number of likely N-dealkylation sites (N-methyl/N-ethyl adjacent to an activating group) is 1. The van der Waals surface area contributed by atoms with Gasteiger partial charge in [0.1, 0.15) is 13.2 Å². The number of carbonyl (C=O) groups is 1. The number of aliphatic hydroxyl groups excluding tert-OH is 1. The number of rotatable bonds is 61. The minimum Gasteiger partial charge on any atom is -0.756 e. The number of allylic oxidation sites excluding steroid dienone is 17. The summed E-state index contributed by atoms with van der Waals surface area (Å²) in [5, 5.41) is 13.9. The topological polar surface area (TPSA) is 108 Å². The van der Waals surface area contributed by atoms with Gasteiger partial charge in [-0.05, 0) is 96.3 Å². The highest BCUT2D eigenvalue weighted by molar-refractivity contribution is 7.45. The van der Waals surface area contributed by atoms with Crippen LogP contribution in [0.1, 0.15) is 290 Å². The van der Waals surface area contributed by atoms with Gasteiger partial charge in [-0.3, -0.25) is 9.36 Å². The van der Waals surface area contributed by atoms with Crippen molar-refractivity contribution in [3.63, 3.8) is 0 Å². The SMILES string of the molecule is CC/C=C\C/C=C\C/C=C\C/C=C\C/C=C\C/C=C\CCCCCCCCCCCCCCCCCCCCCCCCC(=O)NC(COP(=O)([O-])OCC[N+](C)(C)C)C(O)/C=C/CC/C=C/CC/C=C/CCCCCCCCCC. The van der Waals surface area contributed by atoms with Crippen molar-refractivity contribution >= 4 is 13.7 Å². The van der Waals surface area contributed by atoms with Crippen LogP contribution in [-0.2, 0) is 18.4 Å². The van der Waals surface area contributed by atoms with Gasteiger partial charge < -0.3 is 28.8 Å². The first-order chi connectivity index (χ1) is 39.5.